The van der Waals surface area contributed by atoms with Crippen LogP contribution in [0, 0.1) is 17.3 Å². The van der Waals surface area contributed by atoms with Crippen LogP contribution in [0.2, 0.25) is 0 Å². The van der Waals surface area contributed by atoms with E-state index in [0.717, 1.165) is 37.9 Å². The molecular formula is C21H33Cl2NO2. The van der Waals surface area contributed by atoms with E-state index in [2.05, 4.69) is 19.2 Å². The Hall–Kier alpha value is -0.640. The third kappa shape index (κ3) is 3.31. The summed E-state index contributed by atoms with van der Waals surface area (Å²) < 4.78 is 0. The van der Waals surface area contributed by atoms with Crippen LogP contribution in [-0.4, -0.2) is 22.9 Å². The molecule has 0 aromatic heterocycles. The Labute approximate surface area is 169 Å². The average molecular weight is 402 g/mol. The van der Waals surface area contributed by atoms with Crippen molar-refractivity contribution >= 4 is 30.5 Å². The first-order valence-corrected chi connectivity index (χ1v) is 9.82. The predicted molar refractivity (Wildman–Crippen MR) is 112 cm³/mol. The fraction of sp³-hybridized carbons (Fsp3) is 0.714. The van der Waals surface area contributed by atoms with Gasteiger partial charge in [0, 0.05) is 18.3 Å². The van der Waals surface area contributed by atoms with E-state index >= 15 is 0 Å². The van der Waals surface area contributed by atoms with Crippen LogP contribution in [0.15, 0.2) is 12.1 Å². The standard InChI is InChI=1S/C21H31NO2.2ClH/c1-3-10-22-18-12-14(23)11-13-4-5-15-16(20(13)18)8-9-21(2)17(15)6-7-19(21)24;;/h11-12,15-17,19,22-24H,3-10H2,1-2H3;2*1H/t15-,16+,17+,19-,21+;;/m1../s1. The third-order valence-corrected chi connectivity index (χ3v) is 7.32. The second-order valence-electron chi connectivity index (χ2n) is 8.55. The summed E-state index contributed by atoms with van der Waals surface area (Å²) in [6, 6.07) is 3.91. The largest absolute Gasteiger partial charge is 0.508 e. The van der Waals surface area contributed by atoms with E-state index < -0.39 is 0 Å². The number of phenols is 1. The molecule has 2 fully saturated rings. The van der Waals surface area contributed by atoms with Gasteiger partial charge in [0.15, 0.2) is 0 Å². The molecule has 0 aliphatic heterocycles. The monoisotopic (exact) mass is 401 g/mol. The van der Waals surface area contributed by atoms with Crippen molar-refractivity contribution in [1.82, 2.24) is 0 Å². The number of aliphatic hydroxyl groups excluding tert-OH is 1. The van der Waals surface area contributed by atoms with Gasteiger partial charge < -0.3 is 15.5 Å². The van der Waals surface area contributed by atoms with Gasteiger partial charge in [-0.15, -0.1) is 24.8 Å². The van der Waals surface area contributed by atoms with Gasteiger partial charge in [-0.3, -0.25) is 0 Å². The van der Waals surface area contributed by atoms with Crippen molar-refractivity contribution in [2.24, 2.45) is 17.3 Å². The maximum Gasteiger partial charge on any atom is 0.117 e. The van der Waals surface area contributed by atoms with Gasteiger partial charge in [0.05, 0.1) is 6.10 Å². The predicted octanol–water partition coefficient (Wildman–Crippen LogP) is 5.27. The Morgan fingerprint density at radius 3 is 2.65 bits per heavy atom. The number of hydrogen-bond donors (Lipinski definition) is 3. The number of benzene rings is 1. The lowest BCUT2D eigenvalue weighted by Gasteiger charge is -2.50. The van der Waals surface area contributed by atoms with E-state index in [1.54, 1.807) is 0 Å². The molecule has 0 unspecified atom stereocenters. The quantitative estimate of drug-likeness (QED) is 0.645. The SMILES string of the molecule is CCCNc1cc(O)cc2c1[C@H]1CC[C@]3(C)[C@H](O)CC[C@H]3[C@@H]1CC2.Cl.Cl. The number of hydrogen-bond acceptors (Lipinski definition) is 3. The molecule has 26 heavy (non-hydrogen) atoms. The van der Waals surface area contributed by atoms with Crippen LogP contribution in [0.1, 0.15) is 69.4 Å². The molecule has 4 rings (SSSR count). The Kier molecular flexibility index (Phi) is 6.80. The molecule has 3 N–H and O–H groups in total. The van der Waals surface area contributed by atoms with Gasteiger partial charge in [-0.05, 0) is 85.3 Å². The van der Waals surface area contributed by atoms with E-state index in [-0.39, 0.29) is 36.3 Å². The maximum absolute atomic E-state index is 10.5. The number of nitrogens with one attached hydrogen (secondary N) is 1. The van der Waals surface area contributed by atoms with Crippen molar-refractivity contribution in [2.45, 2.75) is 70.8 Å². The summed E-state index contributed by atoms with van der Waals surface area (Å²) in [6.07, 6.45) is 7.72. The molecule has 0 bridgehead atoms. The number of phenolic OH excluding ortho intramolecular Hbond substituents is 1. The molecule has 1 aromatic rings. The van der Waals surface area contributed by atoms with Crippen LogP contribution in [0.25, 0.3) is 0 Å². The lowest BCUT2D eigenvalue weighted by atomic mass is 9.55. The van der Waals surface area contributed by atoms with Crippen LogP contribution in [0.3, 0.4) is 0 Å². The van der Waals surface area contributed by atoms with E-state index in [0.29, 0.717) is 23.5 Å². The highest BCUT2D eigenvalue weighted by Gasteiger charge is 2.54. The number of aliphatic hydroxyl groups is 1. The Morgan fingerprint density at radius 1 is 1.15 bits per heavy atom. The second-order valence-corrected chi connectivity index (χ2v) is 8.55. The van der Waals surface area contributed by atoms with Crippen LogP contribution >= 0.6 is 24.8 Å². The number of aryl methyl sites for hydroxylation is 1. The first-order chi connectivity index (χ1) is 11.5. The van der Waals surface area contributed by atoms with Crippen molar-refractivity contribution < 1.29 is 10.2 Å². The Morgan fingerprint density at radius 2 is 1.92 bits per heavy atom. The van der Waals surface area contributed by atoms with E-state index in [9.17, 15) is 10.2 Å². The van der Waals surface area contributed by atoms with Gasteiger partial charge in [0.25, 0.3) is 0 Å². The lowest BCUT2D eigenvalue weighted by Crippen LogP contribution is -2.44. The normalized spacial score (nSPS) is 34.6. The van der Waals surface area contributed by atoms with Crippen molar-refractivity contribution in [2.75, 3.05) is 11.9 Å². The Balaban J connectivity index is 0.00000121. The average Bonchev–Trinajstić information content (AvgIpc) is 2.87. The molecule has 1 aromatic carbocycles. The summed E-state index contributed by atoms with van der Waals surface area (Å²) in [7, 11) is 0. The summed E-state index contributed by atoms with van der Waals surface area (Å²) >= 11 is 0. The van der Waals surface area contributed by atoms with Gasteiger partial charge in [-0.1, -0.05) is 13.8 Å². The summed E-state index contributed by atoms with van der Waals surface area (Å²) in [5.74, 6) is 2.34. The number of halogens is 2. The molecule has 148 valence electrons. The minimum Gasteiger partial charge on any atom is -0.508 e. The zero-order valence-electron chi connectivity index (χ0n) is 15.8. The minimum absolute atomic E-state index is 0. The van der Waals surface area contributed by atoms with Crippen molar-refractivity contribution in [3.05, 3.63) is 23.3 Å². The molecule has 2 saturated carbocycles. The van der Waals surface area contributed by atoms with Gasteiger partial charge in [0.1, 0.15) is 5.75 Å². The van der Waals surface area contributed by atoms with E-state index in [4.69, 9.17) is 0 Å². The van der Waals surface area contributed by atoms with Crippen LogP contribution in [0.4, 0.5) is 5.69 Å². The summed E-state index contributed by atoms with van der Waals surface area (Å²) in [5, 5.41) is 24.2. The molecule has 0 amide bonds. The highest BCUT2D eigenvalue weighted by Crippen LogP contribution is 2.61. The fourth-order valence-corrected chi connectivity index (χ4v) is 6.09. The number of aromatic hydroxyl groups is 1. The molecule has 3 aliphatic rings. The molecule has 0 spiro atoms. The van der Waals surface area contributed by atoms with Gasteiger partial charge >= 0.3 is 0 Å². The molecule has 0 saturated heterocycles. The van der Waals surface area contributed by atoms with Crippen LogP contribution < -0.4 is 5.32 Å². The fourth-order valence-electron chi connectivity index (χ4n) is 6.09. The second kappa shape index (κ2) is 8.16. The van der Waals surface area contributed by atoms with Crippen molar-refractivity contribution in [1.29, 1.82) is 0 Å². The highest BCUT2D eigenvalue weighted by molar-refractivity contribution is 5.85. The zero-order valence-corrected chi connectivity index (χ0v) is 17.5. The first kappa shape index (κ1) is 21.7. The lowest BCUT2D eigenvalue weighted by molar-refractivity contribution is -0.0225. The highest BCUT2D eigenvalue weighted by atomic mass is 35.5. The van der Waals surface area contributed by atoms with Crippen LogP contribution in [0.5, 0.6) is 5.75 Å². The number of rotatable bonds is 3. The van der Waals surface area contributed by atoms with Crippen molar-refractivity contribution in [3.8, 4) is 5.75 Å². The summed E-state index contributed by atoms with van der Waals surface area (Å²) in [5.41, 5.74) is 4.11. The molecule has 5 heteroatoms. The topological polar surface area (TPSA) is 52.5 Å². The summed E-state index contributed by atoms with van der Waals surface area (Å²) in [4.78, 5) is 0. The zero-order chi connectivity index (χ0) is 16.9. The molecule has 5 atom stereocenters. The molecule has 0 radical (unpaired) electrons. The van der Waals surface area contributed by atoms with Gasteiger partial charge in [0.2, 0.25) is 0 Å². The van der Waals surface area contributed by atoms with Gasteiger partial charge in [-0.25, -0.2) is 0 Å². The van der Waals surface area contributed by atoms with E-state index in [1.807, 2.05) is 12.1 Å². The third-order valence-electron chi connectivity index (χ3n) is 7.32. The smallest absolute Gasteiger partial charge is 0.117 e. The minimum atomic E-state index is -0.109. The maximum atomic E-state index is 10.5. The molecule has 3 aliphatic carbocycles. The molecular weight excluding hydrogens is 369 g/mol. The number of anilines is 1. The van der Waals surface area contributed by atoms with Crippen molar-refractivity contribution in [3.63, 3.8) is 0 Å². The molecule has 0 heterocycles. The Bertz CT molecular complexity index is 639. The van der Waals surface area contributed by atoms with Crippen LogP contribution in [-0.2, 0) is 6.42 Å². The molecule has 3 nitrogen and oxygen atoms in total. The summed E-state index contributed by atoms with van der Waals surface area (Å²) in [6.45, 7) is 5.46. The van der Waals surface area contributed by atoms with Gasteiger partial charge in [-0.2, -0.15) is 0 Å². The van der Waals surface area contributed by atoms with E-state index in [1.165, 1.54) is 30.4 Å². The first-order valence-electron chi connectivity index (χ1n) is 9.82. The number of fused-ring (bicyclic) bond motifs is 5.